The van der Waals surface area contributed by atoms with E-state index in [0.29, 0.717) is 27.9 Å². The van der Waals surface area contributed by atoms with Crippen molar-refractivity contribution in [2.24, 2.45) is 0 Å². The Kier molecular flexibility index (Phi) is 5.26. The molecular weight excluding hydrogens is 419 g/mol. The molecule has 4 rings (SSSR count). The van der Waals surface area contributed by atoms with Crippen molar-refractivity contribution < 1.29 is 22.7 Å². The first kappa shape index (κ1) is 20.0. The van der Waals surface area contributed by atoms with E-state index in [1.165, 1.54) is 17.2 Å². The number of halogens is 4. The number of pyridine rings is 1. The molecule has 0 aliphatic carbocycles. The Hall–Kier alpha value is -3.26. The van der Waals surface area contributed by atoms with Crippen molar-refractivity contribution in [2.45, 2.75) is 12.2 Å². The second kappa shape index (κ2) is 7.87. The number of nitrogens with zero attached hydrogens (tertiary/aromatic N) is 2. The van der Waals surface area contributed by atoms with E-state index >= 15 is 0 Å². The maximum atomic E-state index is 13.1. The molecule has 2 aromatic carbocycles. The summed E-state index contributed by atoms with van der Waals surface area (Å²) in [5.41, 5.74) is 0.0599. The van der Waals surface area contributed by atoms with Crippen LogP contribution in [0.25, 0.3) is 0 Å². The van der Waals surface area contributed by atoms with Gasteiger partial charge in [-0.2, -0.15) is 13.2 Å². The van der Waals surface area contributed by atoms with Crippen LogP contribution in [0.4, 0.5) is 23.7 Å². The standard InChI is InChI=1S/C21H15ClF3N3O2/c22-15-4-7-17(8-5-15)30-19-9-6-16(11-26-19)28-18(12-27-20(28)29)13-2-1-3-14(10-13)21(23,24)25/h1-11,18H,12H2,(H,27,29)/t18-/m1/s1. The lowest BCUT2D eigenvalue weighted by molar-refractivity contribution is -0.137. The molecule has 1 N–H and O–H groups in total. The zero-order chi connectivity index (χ0) is 21.3. The minimum Gasteiger partial charge on any atom is -0.439 e. The van der Waals surface area contributed by atoms with Crippen LogP contribution in [-0.2, 0) is 6.18 Å². The summed E-state index contributed by atoms with van der Waals surface area (Å²) in [4.78, 5) is 18.0. The lowest BCUT2D eigenvalue weighted by atomic mass is 10.0. The number of anilines is 1. The largest absolute Gasteiger partial charge is 0.439 e. The van der Waals surface area contributed by atoms with Crippen LogP contribution in [0.1, 0.15) is 17.2 Å². The van der Waals surface area contributed by atoms with E-state index in [4.69, 9.17) is 16.3 Å². The van der Waals surface area contributed by atoms with Crippen molar-refractivity contribution in [2.75, 3.05) is 11.4 Å². The molecule has 2 heterocycles. The topological polar surface area (TPSA) is 54.5 Å². The molecule has 30 heavy (non-hydrogen) atoms. The number of amides is 2. The first-order valence-corrected chi connectivity index (χ1v) is 9.33. The van der Waals surface area contributed by atoms with E-state index in [-0.39, 0.29) is 6.54 Å². The van der Waals surface area contributed by atoms with Gasteiger partial charge in [-0.15, -0.1) is 0 Å². The fourth-order valence-corrected chi connectivity index (χ4v) is 3.31. The summed E-state index contributed by atoms with van der Waals surface area (Å²) in [6.07, 6.45) is -3.02. The molecule has 1 saturated heterocycles. The highest BCUT2D eigenvalue weighted by molar-refractivity contribution is 6.30. The fourth-order valence-electron chi connectivity index (χ4n) is 3.19. The van der Waals surface area contributed by atoms with Crippen LogP contribution in [0.5, 0.6) is 11.6 Å². The quantitative estimate of drug-likeness (QED) is 0.564. The van der Waals surface area contributed by atoms with Gasteiger partial charge in [-0.05, 0) is 48.0 Å². The minimum atomic E-state index is -4.46. The van der Waals surface area contributed by atoms with E-state index in [2.05, 4.69) is 10.3 Å². The highest BCUT2D eigenvalue weighted by Gasteiger charge is 2.36. The Labute approximate surface area is 175 Å². The van der Waals surface area contributed by atoms with Crippen LogP contribution in [0.15, 0.2) is 66.9 Å². The Morgan fingerprint density at radius 2 is 1.87 bits per heavy atom. The molecule has 0 spiro atoms. The van der Waals surface area contributed by atoms with E-state index in [0.717, 1.165) is 12.1 Å². The zero-order valence-corrected chi connectivity index (χ0v) is 16.1. The molecule has 3 aromatic rings. The van der Waals surface area contributed by atoms with Crippen molar-refractivity contribution >= 4 is 23.3 Å². The van der Waals surface area contributed by atoms with Crippen molar-refractivity contribution in [3.05, 3.63) is 83.0 Å². The molecule has 1 atom stereocenters. The van der Waals surface area contributed by atoms with Gasteiger partial charge in [0.25, 0.3) is 0 Å². The van der Waals surface area contributed by atoms with Crippen LogP contribution in [0.3, 0.4) is 0 Å². The fraction of sp³-hybridized carbons (Fsp3) is 0.143. The van der Waals surface area contributed by atoms with Gasteiger partial charge in [0.1, 0.15) is 5.75 Å². The third-order valence-corrected chi connectivity index (χ3v) is 4.86. The zero-order valence-electron chi connectivity index (χ0n) is 15.4. The first-order chi connectivity index (χ1) is 14.3. The summed E-state index contributed by atoms with van der Waals surface area (Å²) >= 11 is 5.84. The molecule has 2 amide bonds. The van der Waals surface area contributed by atoms with Gasteiger partial charge in [-0.1, -0.05) is 23.7 Å². The third-order valence-electron chi connectivity index (χ3n) is 4.61. The number of rotatable bonds is 4. The van der Waals surface area contributed by atoms with Gasteiger partial charge in [0, 0.05) is 17.6 Å². The number of nitrogens with one attached hydrogen (secondary N) is 1. The summed E-state index contributed by atoms with van der Waals surface area (Å²) < 4.78 is 44.8. The summed E-state index contributed by atoms with van der Waals surface area (Å²) in [6, 6.07) is 13.9. The molecule has 0 unspecified atom stereocenters. The average Bonchev–Trinajstić information content (AvgIpc) is 3.11. The number of hydrogen-bond donors (Lipinski definition) is 1. The summed E-state index contributed by atoms with van der Waals surface area (Å²) in [6.45, 7) is 0.184. The van der Waals surface area contributed by atoms with Gasteiger partial charge in [0.05, 0.1) is 23.5 Å². The van der Waals surface area contributed by atoms with Crippen molar-refractivity contribution in [3.63, 3.8) is 0 Å². The highest BCUT2D eigenvalue weighted by Crippen LogP contribution is 2.35. The molecule has 0 bridgehead atoms. The molecule has 1 aromatic heterocycles. The van der Waals surface area contributed by atoms with Crippen LogP contribution in [0.2, 0.25) is 5.02 Å². The van der Waals surface area contributed by atoms with Crippen LogP contribution >= 0.6 is 11.6 Å². The van der Waals surface area contributed by atoms with E-state index in [1.54, 1.807) is 42.5 Å². The maximum absolute atomic E-state index is 13.1. The average molecular weight is 434 g/mol. The normalized spacial score (nSPS) is 16.5. The van der Waals surface area contributed by atoms with Gasteiger partial charge in [-0.3, -0.25) is 4.90 Å². The smallest absolute Gasteiger partial charge is 0.416 e. The van der Waals surface area contributed by atoms with Crippen molar-refractivity contribution in [3.8, 4) is 11.6 Å². The van der Waals surface area contributed by atoms with E-state index < -0.39 is 23.8 Å². The van der Waals surface area contributed by atoms with E-state index in [9.17, 15) is 18.0 Å². The lowest BCUT2D eigenvalue weighted by Gasteiger charge is -2.24. The van der Waals surface area contributed by atoms with Crippen LogP contribution in [-0.4, -0.2) is 17.6 Å². The van der Waals surface area contributed by atoms with Crippen molar-refractivity contribution in [1.82, 2.24) is 10.3 Å². The summed E-state index contributed by atoms with van der Waals surface area (Å²) in [5, 5.41) is 3.24. The van der Waals surface area contributed by atoms with E-state index in [1.807, 2.05) is 0 Å². The SMILES string of the molecule is O=C1NC[C@H](c2cccc(C(F)(F)F)c2)N1c1ccc(Oc2ccc(Cl)cc2)nc1. The molecule has 5 nitrogen and oxygen atoms in total. The Bertz CT molecular complexity index is 1060. The van der Waals surface area contributed by atoms with Gasteiger partial charge < -0.3 is 10.1 Å². The Morgan fingerprint density at radius 3 is 2.53 bits per heavy atom. The van der Waals surface area contributed by atoms with Gasteiger partial charge in [0.2, 0.25) is 5.88 Å². The molecule has 0 saturated carbocycles. The number of aromatic nitrogens is 1. The summed E-state index contributed by atoms with van der Waals surface area (Å²) in [5.74, 6) is 0.844. The predicted molar refractivity (Wildman–Crippen MR) is 106 cm³/mol. The molecule has 9 heteroatoms. The summed E-state index contributed by atoms with van der Waals surface area (Å²) in [7, 11) is 0. The van der Waals surface area contributed by atoms with Gasteiger partial charge in [0.15, 0.2) is 0 Å². The number of carbonyl (C=O) groups is 1. The molecule has 154 valence electrons. The first-order valence-electron chi connectivity index (χ1n) is 8.95. The Balaban J connectivity index is 1.57. The number of carbonyl (C=O) groups excluding carboxylic acids is 1. The maximum Gasteiger partial charge on any atom is 0.416 e. The number of benzene rings is 2. The van der Waals surface area contributed by atoms with Crippen LogP contribution < -0.4 is 15.0 Å². The number of alkyl halides is 3. The predicted octanol–water partition coefficient (Wildman–Crippen LogP) is 5.82. The second-order valence-electron chi connectivity index (χ2n) is 6.61. The molecule has 1 aliphatic heterocycles. The Morgan fingerprint density at radius 1 is 1.10 bits per heavy atom. The monoisotopic (exact) mass is 433 g/mol. The molecular formula is C21H15ClF3N3O2. The lowest BCUT2D eigenvalue weighted by Crippen LogP contribution is -2.29. The number of hydrogen-bond acceptors (Lipinski definition) is 3. The second-order valence-corrected chi connectivity index (χ2v) is 7.04. The van der Waals surface area contributed by atoms with Gasteiger partial charge in [-0.25, -0.2) is 9.78 Å². The minimum absolute atomic E-state index is 0.184. The molecule has 1 fully saturated rings. The third kappa shape index (κ3) is 4.18. The van der Waals surface area contributed by atoms with Crippen molar-refractivity contribution in [1.29, 1.82) is 0 Å². The van der Waals surface area contributed by atoms with Gasteiger partial charge >= 0.3 is 12.2 Å². The number of urea groups is 1. The van der Waals surface area contributed by atoms with Crippen LogP contribution in [0, 0.1) is 0 Å². The molecule has 1 aliphatic rings. The number of ether oxygens (including phenoxy) is 1. The molecule has 0 radical (unpaired) electrons. The highest BCUT2D eigenvalue weighted by atomic mass is 35.5.